The average Bonchev–Trinajstić information content (AvgIpc) is 3.06. The van der Waals surface area contributed by atoms with Gasteiger partial charge in [-0.3, -0.25) is 9.69 Å². The van der Waals surface area contributed by atoms with Crippen molar-refractivity contribution < 1.29 is 23.0 Å². The lowest BCUT2D eigenvalue weighted by Gasteiger charge is -2.15. The maximum atomic E-state index is 13.9. The van der Waals surface area contributed by atoms with Crippen molar-refractivity contribution in [2.24, 2.45) is 0 Å². The molecule has 1 amide bonds. The maximum Gasteiger partial charge on any atom is 0.270 e. The van der Waals surface area contributed by atoms with Crippen molar-refractivity contribution in [3.63, 3.8) is 0 Å². The Kier molecular flexibility index (Phi) is 7.30. The molecule has 3 aromatic rings. The lowest BCUT2D eigenvalue weighted by atomic mass is 10.1. The number of halogens is 3. The molecule has 1 aliphatic heterocycles. The van der Waals surface area contributed by atoms with Crippen LogP contribution in [0.2, 0.25) is 0 Å². The second-order valence-electron chi connectivity index (χ2n) is 6.91. The SMILES string of the molecule is COc1cc(/C=C2/SC(=S)N(c3cccc(F)c3)C2=O)cc(I)c1OCc1ccccc1F. The summed E-state index contributed by atoms with van der Waals surface area (Å²) in [6.07, 6.45) is 1.70. The van der Waals surface area contributed by atoms with Gasteiger partial charge in [0.2, 0.25) is 0 Å². The Balaban J connectivity index is 1.59. The Morgan fingerprint density at radius 2 is 1.91 bits per heavy atom. The number of thiocarbonyl (C=S) groups is 1. The minimum absolute atomic E-state index is 0.0463. The van der Waals surface area contributed by atoms with E-state index in [-0.39, 0.29) is 18.3 Å². The molecular weight excluding hydrogens is 579 g/mol. The quantitative estimate of drug-likeness (QED) is 0.183. The van der Waals surface area contributed by atoms with Crippen LogP contribution in [0.1, 0.15) is 11.1 Å². The summed E-state index contributed by atoms with van der Waals surface area (Å²) in [6, 6.07) is 15.7. The summed E-state index contributed by atoms with van der Waals surface area (Å²) in [5, 5.41) is 0. The molecule has 0 atom stereocenters. The topological polar surface area (TPSA) is 38.8 Å². The summed E-state index contributed by atoms with van der Waals surface area (Å²) in [4.78, 5) is 14.7. The zero-order valence-corrected chi connectivity index (χ0v) is 21.0. The first-order chi connectivity index (χ1) is 15.9. The predicted molar refractivity (Wildman–Crippen MR) is 138 cm³/mol. The number of benzene rings is 3. The monoisotopic (exact) mass is 595 g/mol. The second kappa shape index (κ2) is 10.2. The van der Waals surface area contributed by atoms with Gasteiger partial charge in [-0.15, -0.1) is 0 Å². The van der Waals surface area contributed by atoms with Gasteiger partial charge in [-0.2, -0.15) is 0 Å². The number of nitrogens with zero attached hydrogens (tertiary/aromatic N) is 1. The molecule has 0 N–H and O–H groups in total. The van der Waals surface area contributed by atoms with E-state index >= 15 is 0 Å². The number of hydrogen-bond donors (Lipinski definition) is 0. The fourth-order valence-corrected chi connectivity index (χ4v) is 5.27. The third-order valence-electron chi connectivity index (χ3n) is 4.74. The van der Waals surface area contributed by atoms with Gasteiger partial charge >= 0.3 is 0 Å². The van der Waals surface area contributed by atoms with Crippen LogP contribution < -0.4 is 14.4 Å². The zero-order chi connectivity index (χ0) is 23.5. The molecule has 0 aromatic heterocycles. The van der Waals surface area contributed by atoms with E-state index in [1.54, 1.807) is 36.4 Å². The highest BCUT2D eigenvalue weighted by molar-refractivity contribution is 14.1. The molecule has 168 valence electrons. The number of ether oxygens (including phenoxy) is 2. The van der Waals surface area contributed by atoms with Gasteiger partial charge in [-0.1, -0.05) is 48.2 Å². The van der Waals surface area contributed by atoms with E-state index in [9.17, 15) is 13.6 Å². The second-order valence-corrected chi connectivity index (χ2v) is 9.75. The first kappa shape index (κ1) is 23.7. The van der Waals surface area contributed by atoms with Gasteiger partial charge in [-0.25, -0.2) is 8.78 Å². The summed E-state index contributed by atoms with van der Waals surface area (Å²) in [5.74, 6) is -0.195. The largest absolute Gasteiger partial charge is 0.493 e. The fraction of sp³-hybridized carbons (Fsp3) is 0.0833. The highest BCUT2D eigenvalue weighted by Crippen LogP contribution is 2.39. The number of rotatable bonds is 6. The van der Waals surface area contributed by atoms with E-state index in [1.165, 1.54) is 36.3 Å². The fourth-order valence-electron chi connectivity index (χ4n) is 3.19. The molecular formula is C24H16F2INO3S2. The molecule has 3 aromatic carbocycles. The molecule has 0 radical (unpaired) electrons. The van der Waals surface area contributed by atoms with E-state index in [0.717, 1.165) is 15.3 Å². The van der Waals surface area contributed by atoms with Crippen molar-refractivity contribution in [2.75, 3.05) is 12.0 Å². The Hall–Kier alpha value is -2.50. The van der Waals surface area contributed by atoms with E-state index in [0.29, 0.717) is 37.5 Å². The van der Waals surface area contributed by atoms with Crippen LogP contribution in [0.3, 0.4) is 0 Å². The summed E-state index contributed by atoms with van der Waals surface area (Å²) in [5.41, 5.74) is 1.51. The molecule has 0 aliphatic carbocycles. The standard InChI is InChI=1S/C24H16F2INO3S2/c1-30-20-10-14(9-19(27)22(20)31-13-15-5-2-3-8-18(15)26)11-21-23(29)28(24(32)33-21)17-7-4-6-16(25)12-17/h2-12H,13H2,1H3/b21-11+. The van der Waals surface area contributed by atoms with Gasteiger partial charge in [0.25, 0.3) is 5.91 Å². The van der Waals surface area contributed by atoms with Crippen molar-refractivity contribution >= 4 is 68.6 Å². The molecule has 0 unspecified atom stereocenters. The number of carbonyl (C=O) groups is 1. The molecule has 1 heterocycles. The number of thioether (sulfide) groups is 1. The Bertz CT molecular complexity index is 1280. The van der Waals surface area contributed by atoms with Crippen LogP contribution in [0.4, 0.5) is 14.5 Å². The van der Waals surface area contributed by atoms with Gasteiger partial charge < -0.3 is 9.47 Å². The normalized spacial score (nSPS) is 14.8. The average molecular weight is 595 g/mol. The van der Waals surface area contributed by atoms with E-state index in [4.69, 9.17) is 21.7 Å². The molecule has 0 spiro atoms. The van der Waals surface area contributed by atoms with Gasteiger partial charge in [0.1, 0.15) is 18.2 Å². The van der Waals surface area contributed by atoms with Crippen molar-refractivity contribution in [2.45, 2.75) is 6.61 Å². The molecule has 0 bridgehead atoms. The predicted octanol–water partition coefficient (Wildman–Crippen LogP) is 6.56. The van der Waals surface area contributed by atoms with Crippen molar-refractivity contribution in [3.05, 3.63) is 91.9 Å². The Morgan fingerprint density at radius 1 is 1.12 bits per heavy atom. The molecule has 9 heteroatoms. The first-order valence-electron chi connectivity index (χ1n) is 9.64. The van der Waals surface area contributed by atoms with Crippen LogP contribution in [0.15, 0.2) is 65.6 Å². The van der Waals surface area contributed by atoms with Gasteiger partial charge in [0.15, 0.2) is 15.8 Å². The van der Waals surface area contributed by atoms with Crippen LogP contribution in [0.5, 0.6) is 11.5 Å². The van der Waals surface area contributed by atoms with Crippen LogP contribution >= 0.6 is 46.6 Å². The Labute approximate surface area is 212 Å². The molecule has 4 rings (SSSR count). The van der Waals surface area contributed by atoms with Crippen LogP contribution in [0.25, 0.3) is 6.08 Å². The van der Waals surface area contributed by atoms with Crippen molar-refractivity contribution in [1.82, 2.24) is 0 Å². The third kappa shape index (κ3) is 5.20. The summed E-state index contributed by atoms with van der Waals surface area (Å²) < 4.78 is 39.9. The number of methoxy groups -OCH3 is 1. The summed E-state index contributed by atoms with van der Waals surface area (Å²) >= 11 is 8.59. The van der Waals surface area contributed by atoms with Crippen molar-refractivity contribution in [1.29, 1.82) is 0 Å². The minimum Gasteiger partial charge on any atom is -0.493 e. The zero-order valence-electron chi connectivity index (χ0n) is 17.2. The molecule has 1 aliphatic rings. The van der Waals surface area contributed by atoms with Crippen LogP contribution in [-0.4, -0.2) is 17.3 Å². The first-order valence-corrected chi connectivity index (χ1v) is 11.9. The van der Waals surface area contributed by atoms with Gasteiger partial charge in [0.05, 0.1) is 21.3 Å². The summed E-state index contributed by atoms with van der Waals surface area (Å²) in [6.45, 7) is 0.0463. The molecule has 33 heavy (non-hydrogen) atoms. The minimum atomic E-state index is -0.448. The number of anilines is 1. The smallest absolute Gasteiger partial charge is 0.270 e. The van der Waals surface area contributed by atoms with E-state index < -0.39 is 5.82 Å². The lowest BCUT2D eigenvalue weighted by Crippen LogP contribution is -2.27. The molecule has 4 nitrogen and oxygen atoms in total. The molecule has 1 saturated heterocycles. The Morgan fingerprint density at radius 3 is 2.64 bits per heavy atom. The highest BCUT2D eigenvalue weighted by atomic mass is 127. The number of amides is 1. The van der Waals surface area contributed by atoms with Gasteiger partial charge in [0, 0.05) is 5.56 Å². The van der Waals surface area contributed by atoms with Gasteiger partial charge in [-0.05, 0) is 70.6 Å². The lowest BCUT2D eigenvalue weighted by molar-refractivity contribution is -0.113. The third-order valence-corrected chi connectivity index (χ3v) is 6.84. The molecule has 1 fully saturated rings. The van der Waals surface area contributed by atoms with E-state index in [2.05, 4.69) is 22.6 Å². The number of hydrogen-bond acceptors (Lipinski definition) is 5. The summed E-state index contributed by atoms with van der Waals surface area (Å²) in [7, 11) is 1.51. The number of carbonyl (C=O) groups excluding carboxylic acids is 1. The maximum absolute atomic E-state index is 13.9. The van der Waals surface area contributed by atoms with E-state index in [1.807, 2.05) is 6.07 Å². The molecule has 0 saturated carbocycles. The van der Waals surface area contributed by atoms with Crippen molar-refractivity contribution in [3.8, 4) is 11.5 Å². The van der Waals surface area contributed by atoms with Crippen LogP contribution in [0, 0.1) is 15.2 Å². The highest BCUT2D eigenvalue weighted by Gasteiger charge is 2.33. The van der Waals surface area contributed by atoms with Crippen LogP contribution in [-0.2, 0) is 11.4 Å².